The SMILES string of the molecule is CN=C(NCC(C)(C)SC)NC(C)c1cccc(N2CCCC2)c1.I. The average Bonchev–Trinajstić information content (AvgIpc) is 3.13. The number of aliphatic imine (C=N–C) groups is 1. The van der Waals surface area contributed by atoms with Gasteiger partial charge in [-0.05, 0) is 57.6 Å². The van der Waals surface area contributed by atoms with Crippen molar-refractivity contribution in [2.75, 3.05) is 37.8 Å². The Morgan fingerprint density at radius 1 is 1.32 bits per heavy atom. The van der Waals surface area contributed by atoms with Crippen molar-refractivity contribution in [3.05, 3.63) is 29.8 Å². The number of halogens is 1. The fourth-order valence-corrected chi connectivity index (χ4v) is 3.03. The number of guanidine groups is 1. The highest BCUT2D eigenvalue weighted by Gasteiger charge is 2.18. The van der Waals surface area contributed by atoms with Crippen LogP contribution in [0.1, 0.15) is 45.2 Å². The van der Waals surface area contributed by atoms with E-state index in [1.165, 1.54) is 37.2 Å². The Bertz CT molecular complexity index is 556. The van der Waals surface area contributed by atoms with Gasteiger partial charge in [-0.1, -0.05) is 12.1 Å². The summed E-state index contributed by atoms with van der Waals surface area (Å²) in [5.74, 6) is 0.858. The largest absolute Gasteiger partial charge is 0.372 e. The topological polar surface area (TPSA) is 39.7 Å². The van der Waals surface area contributed by atoms with Crippen LogP contribution in [0.4, 0.5) is 5.69 Å². The summed E-state index contributed by atoms with van der Waals surface area (Å²) in [6, 6.07) is 9.10. The van der Waals surface area contributed by atoms with Crippen LogP contribution in [0.5, 0.6) is 0 Å². The molecule has 0 amide bonds. The molecule has 4 nitrogen and oxygen atoms in total. The second-order valence-corrected chi connectivity index (χ2v) is 8.56. The van der Waals surface area contributed by atoms with Crippen molar-refractivity contribution >= 4 is 47.4 Å². The molecule has 1 saturated heterocycles. The highest BCUT2D eigenvalue weighted by atomic mass is 127. The van der Waals surface area contributed by atoms with E-state index in [0.717, 1.165) is 12.5 Å². The van der Waals surface area contributed by atoms with E-state index in [4.69, 9.17) is 0 Å². The molecule has 6 heteroatoms. The minimum absolute atomic E-state index is 0. The van der Waals surface area contributed by atoms with E-state index in [0.29, 0.717) is 0 Å². The summed E-state index contributed by atoms with van der Waals surface area (Å²) in [5, 5.41) is 6.95. The molecule has 0 aliphatic carbocycles. The third kappa shape index (κ3) is 6.89. The normalized spacial score (nSPS) is 16.4. The third-order valence-electron chi connectivity index (χ3n) is 4.65. The maximum Gasteiger partial charge on any atom is 0.191 e. The number of anilines is 1. The van der Waals surface area contributed by atoms with Gasteiger partial charge in [0.15, 0.2) is 5.96 Å². The van der Waals surface area contributed by atoms with E-state index in [2.05, 4.69) is 71.8 Å². The smallest absolute Gasteiger partial charge is 0.191 e. The second-order valence-electron chi connectivity index (χ2n) is 7.04. The number of benzene rings is 1. The molecule has 1 aromatic rings. The first-order chi connectivity index (χ1) is 11.4. The molecule has 1 fully saturated rings. The number of hydrogen-bond acceptors (Lipinski definition) is 3. The Balaban J connectivity index is 0.00000312. The zero-order chi connectivity index (χ0) is 17.6. The lowest BCUT2D eigenvalue weighted by atomic mass is 10.1. The summed E-state index contributed by atoms with van der Waals surface area (Å²) < 4.78 is 0.191. The van der Waals surface area contributed by atoms with Crippen molar-refractivity contribution in [3.8, 4) is 0 Å². The molecule has 2 rings (SSSR count). The zero-order valence-electron chi connectivity index (χ0n) is 16.1. The fourth-order valence-electron chi connectivity index (χ4n) is 2.82. The van der Waals surface area contributed by atoms with Crippen molar-refractivity contribution in [3.63, 3.8) is 0 Å². The molecule has 25 heavy (non-hydrogen) atoms. The fraction of sp³-hybridized carbons (Fsp3) is 0.632. The van der Waals surface area contributed by atoms with E-state index in [9.17, 15) is 0 Å². The summed E-state index contributed by atoms with van der Waals surface area (Å²) in [7, 11) is 1.83. The summed E-state index contributed by atoms with van der Waals surface area (Å²) in [6.07, 6.45) is 4.75. The summed E-state index contributed by atoms with van der Waals surface area (Å²) in [5.41, 5.74) is 2.64. The quantitative estimate of drug-likeness (QED) is 0.366. The predicted molar refractivity (Wildman–Crippen MR) is 124 cm³/mol. The van der Waals surface area contributed by atoms with Crippen LogP contribution in [-0.2, 0) is 0 Å². The van der Waals surface area contributed by atoms with E-state index in [1.54, 1.807) is 0 Å². The van der Waals surface area contributed by atoms with Crippen molar-refractivity contribution < 1.29 is 0 Å². The summed E-state index contributed by atoms with van der Waals surface area (Å²) in [4.78, 5) is 6.84. The van der Waals surface area contributed by atoms with Gasteiger partial charge in [0, 0.05) is 37.1 Å². The van der Waals surface area contributed by atoms with Crippen LogP contribution in [0.3, 0.4) is 0 Å². The Morgan fingerprint density at radius 3 is 2.60 bits per heavy atom. The molecule has 1 unspecified atom stereocenters. The molecule has 142 valence electrons. The van der Waals surface area contributed by atoms with Gasteiger partial charge in [0.2, 0.25) is 0 Å². The highest BCUT2D eigenvalue weighted by molar-refractivity contribution is 14.0. The van der Waals surface area contributed by atoms with Gasteiger partial charge in [0.05, 0.1) is 6.04 Å². The molecule has 0 spiro atoms. The van der Waals surface area contributed by atoms with Crippen molar-refractivity contribution in [2.24, 2.45) is 4.99 Å². The molecule has 1 heterocycles. The second kappa shape index (κ2) is 10.5. The van der Waals surface area contributed by atoms with E-state index in [1.807, 2.05) is 18.8 Å². The maximum atomic E-state index is 4.37. The molecular weight excluding hydrogens is 443 g/mol. The third-order valence-corrected chi connectivity index (χ3v) is 5.90. The lowest BCUT2D eigenvalue weighted by molar-refractivity contribution is 0.639. The number of nitrogens with one attached hydrogen (secondary N) is 2. The molecule has 0 bridgehead atoms. The maximum absolute atomic E-state index is 4.37. The first-order valence-corrected chi connectivity index (χ1v) is 10.0. The van der Waals surface area contributed by atoms with Crippen molar-refractivity contribution in [1.29, 1.82) is 0 Å². The first-order valence-electron chi connectivity index (χ1n) is 8.82. The Labute approximate surface area is 174 Å². The monoisotopic (exact) mass is 476 g/mol. The van der Waals surface area contributed by atoms with Crippen LogP contribution in [0.25, 0.3) is 0 Å². The first kappa shape index (κ1) is 22.4. The molecule has 1 aliphatic heterocycles. The van der Waals surface area contributed by atoms with Crippen LogP contribution < -0.4 is 15.5 Å². The van der Waals surface area contributed by atoms with Gasteiger partial charge >= 0.3 is 0 Å². The van der Waals surface area contributed by atoms with Crippen LogP contribution in [0.2, 0.25) is 0 Å². The number of thioether (sulfide) groups is 1. The van der Waals surface area contributed by atoms with Crippen LogP contribution in [-0.4, -0.2) is 43.6 Å². The van der Waals surface area contributed by atoms with Gasteiger partial charge in [0.1, 0.15) is 0 Å². The zero-order valence-corrected chi connectivity index (χ0v) is 19.3. The standard InChI is InChI=1S/C19H32N4S.HI/c1-15(22-18(20-4)21-14-19(2,3)24-5)16-9-8-10-17(13-16)23-11-6-7-12-23;/h8-10,13,15H,6-7,11-12,14H2,1-5H3,(H2,20,21,22);1H. The lowest BCUT2D eigenvalue weighted by Gasteiger charge is -2.26. The molecule has 2 N–H and O–H groups in total. The van der Waals surface area contributed by atoms with E-state index in [-0.39, 0.29) is 34.8 Å². The van der Waals surface area contributed by atoms with Gasteiger partial charge in [0.25, 0.3) is 0 Å². The van der Waals surface area contributed by atoms with Crippen LogP contribution in [0.15, 0.2) is 29.3 Å². The van der Waals surface area contributed by atoms with E-state index >= 15 is 0 Å². The van der Waals surface area contributed by atoms with Crippen LogP contribution >= 0.6 is 35.7 Å². The van der Waals surface area contributed by atoms with Crippen molar-refractivity contribution in [2.45, 2.75) is 44.4 Å². The van der Waals surface area contributed by atoms with Gasteiger partial charge in [-0.25, -0.2) is 0 Å². The van der Waals surface area contributed by atoms with Gasteiger partial charge in [-0.2, -0.15) is 11.8 Å². The van der Waals surface area contributed by atoms with Gasteiger partial charge in [-0.15, -0.1) is 24.0 Å². The molecule has 1 atom stereocenters. The van der Waals surface area contributed by atoms with Gasteiger partial charge < -0.3 is 15.5 Å². The number of nitrogens with zero attached hydrogens (tertiary/aromatic N) is 2. The number of rotatable bonds is 6. The van der Waals surface area contributed by atoms with Crippen LogP contribution in [0, 0.1) is 0 Å². The minimum Gasteiger partial charge on any atom is -0.372 e. The molecular formula is C19H33IN4S. The molecule has 1 aliphatic rings. The predicted octanol–water partition coefficient (Wildman–Crippen LogP) is 4.27. The molecule has 0 radical (unpaired) electrons. The minimum atomic E-state index is 0. The average molecular weight is 476 g/mol. The lowest BCUT2D eigenvalue weighted by Crippen LogP contribution is -2.44. The Morgan fingerprint density at radius 2 is 2.00 bits per heavy atom. The van der Waals surface area contributed by atoms with Gasteiger partial charge in [-0.3, -0.25) is 4.99 Å². The molecule has 1 aromatic carbocycles. The van der Waals surface area contributed by atoms with E-state index < -0.39 is 0 Å². The highest BCUT2D eigenvalue weighted by Crippen LogP contribution is 2.24. The number of hydrogen-bond donors (Lipinski definition) is 2. The summed E-state index contributed by atoms with van der Waals surface area (Å²) >= 11 is 1.86. The van der Waals surface area contributed by atoms with Crippen molar-refractivity contribution in [1.82, 2.24) is 10.6 Å². The Kier molecular flexibility index (Phi) is 9.41. The summed E-state index contributed by atoms with van der Waals surface area (Å²) in [6.45, 7) is 9.91. The molecule has 0 aromatic heterocycles. The Hall–Kier alpha value is -0.630. The molecule has 0 saturated carbocycles.